The predicted octanol–water partition coefficient (Wildman–Crippen LogP) is 2.29. The lowest BCUT2D eigenvalue weighted by molar-refractivity contribution is 0.100. The third-order valence-electron chi connectivity index (χ3n) is 3.22. The SMILES string of the molecule is NC(=O)c1cccc2c(=O)cc(-c3ccccc3)[nH]c12. The first-order valence-corrected chi connectivity index (χ1v) is 6.18. The molecule has 0 aliphatic rings. The van der Waals surface area contributed by atoms with Gasteiger partial charge in [-0.05, 0) is 17.7 Å². The Morgan fingerprint density at radius 1 is 1.00 bits per heavy atom. The van der Waals surface area contributed by atoms with Crippen LogP contribution in [0.1, 0.15) is 10.4 Å². The van der Waals surface area contributed by atoms with E-state index in [4.69, 9.17) is 5.73 Å². The number of nitrogens with two attached hydrogens (primary N) is 1. The Kier molecular flexibility index (Phi) is 2.84. The third kappa shape index (κ3) is 1.97. The smallest absolute Gasteiger partial charge is 0.250 e. The van der Waals surface area contributed by atoms with Crippen molar-refractivity contribution in [3.05, 3.63) is 70.4 Å². The number of rotatable bonds is 2. The molecule has 0 saturated carbocycles. The number of carbonyl (C=O) groups is 1. The van der Waals surface area contributed by atoms with Crippen LogP contribution in [0.2, 0.25) is 0 Å². The molecule has 0 radical (unpaired) electrons. The summed E-state index contributed by atoms with van der Waals surface area (Å²) in [5.41, 5.74) is 7.56. The molecule has 0 unspecified atom stereocenters. The molecule has 0 aliphatic carbocycles. The summed E-state index contributed by atoms with van der Waals surface area (Å²) in [4.78, 5) is 26.8. The molecule has 0 atom stereocenters. The van der Waals surface area contributed by atoms with E-state index in [1.54, 1.807) is 18.2 Å². The Labute approximate surface area is 114 Å². The second-order valence-electron chi connectivity index (χ2n) is 4.51. The van der Waals surface area contributed by atoms with Crippen molar-refractivity contribution in [3.8, 4) is 11.3 Å². The van der Waals surface area contributed by atoms with Crippen molar-refractivity contribution < 1.29 is 4.79 Å². The van der Waals surface area contributed by atoms with Crippen LogP contribution in [0, 0.1) is 0 Å². The minimum Gasteiger partial charge on any atom is -0.366 e. The fourth-order valence-electron chi connectivity index (χ4n) is 2.25. The molecule has 4 heteroatoms. The number of hydrogen-bond donors (Lipinski definition) is 2. The Morgan fingerprint density at radius 2 is 1.75 bits per heavy atom. The van der Waals surface area contributed by atoms with E-state index >= 15 is 0 Å². The Balaban J connectivity index is 2.36. The monoisotopic (exact) mass is 264 g/mol. The van der Waals surface area contributed by atoms with Gasteiger partial charge in [-0.3, -0.25) is 9.59 Å². The van der Waals surface area contributed by atoms with Gasteiger partial charge in [-0.25, -0.2) is 0 Å². The lowest BCUT2D eigenvalue weighted by Crippen LogP contribution is -2.14. The molecule has 0 saturated heterocycles. The summed E-state index contributed by atoms with van der Waals surface area (Å²) in [6, 6.07) is 15.9. The van der Waals surface area contributed by atoms with Gasteiger partial charge in [-0.15, -0.1) is 0 Å². The number of benzene rings is 2. The minimum atomic E-state index is -0.559. The van der Waals surface area contributed by atoms with Crippen molar-refractivity contribution in [1.82, 2.24) is 4.98 Å². The summed E-state index contributed by atoms with van der Waals surface area (Å²) in [5, 5.41) is 0.459. The summed E-state index contributed by atoms with van der Waals surface area (Å²) in [5.74, 6) is -0.559. The number of H-pyrrole nitrogens is 1. The molecule has 0 bridgehead atoms. The molecule has 1 amide bonds. The molecular formula is C16H12N2O2. The minimum absolute atomic E-state index is 0.138. The van der Waals surface area contributed by atoms with E-state index in [2.05, 4.69) is 4.98 Å². The summed E-state index contributed by atoms with van der Waals surface area (Å²) in [6.45, 7) is 0. The molecule has 3 N–H and O–H groups in total. The first-order valence-electron chi connectivity index (χ1n) is 6.18. The van der Waals surface area contributed by atoms with E-state index in [0.717, 1.165) is 5.56 Å². The molecule has 2 aromatic carbocycles. The number of hydrogen-bond acceptors (Lipinski definition) is 2. The van der Waals surface area contributed by atoms with Gasteiger partial charge in [0.1, 0.15) is 0 Å². The van der Waals surface area contributed by atoms with Gasteiger partial charge in [0.15, 0.2) is 5.43 Å². The van der Waals surface area contributed by atoms with E-state index in [0.29, 0.717) is 22.2 Å². The highest BCUT2D eigenvalue weighted by Crippen LogP contribution is 2.20. The quantitative estimate of drug-likeness (QED) is 0.745. The van der Waals surface area contributed by atoms with E-state index in [1.165, 1.54) is 6.07 Å². The topological polar surface area (TPSA) is 76.0 Å². The average molecular weight is 264 g/mol. The number of aromatic amines is 1. The van der Waals surface area contributed by atoms with Gasteiger partial charge >= 0.3 is 0 Å². The molecule has 0 aliphatic heterocycles. The zero-order chi connectivity index (χ0) is 14.1. The second-order valence-corrected chi connectivity index (χ2v) is 4.51. The average Bonchev–Trinajstić information content (AvgIpc) is 2.47. The lowest BCUT2D eigenvalue weighted by atomic mass is 10.1. The van der Waals surface area contributed by atoms with Crippen LogP contribution in [-0.2, 0) is 0 Å². The molecule has 0 fully saturated rings. The summed E-state index contributed by atoms with van der Waals surface area (Å²) < 4.78 is 0. The Hall–Kier alpha value is -2.88. The van der Waals surface area contributed by atoms with Gasteiger partial charge < -0.3 is 10.7 Å². The number of aromatic nitrogens is 1. The number of amides is 1. The molecule has 1 heterocycles. The maximum Gasteiger partial charge on any atom is 0.250 e. The fourth-order valence-corrected chi connectivity index (χ4v) is 2.25. The zero-order valence-corrected chi connectivity index (χ0v) is 10.6. The van der Waals surface area contributed by atoms with Crippen LogP contribution in [0.4, 0.5) is 0 Å². The fraction of sp³-hybridized carbons (Fsp3) is 0. The number of primary amides is 1. The van der Waals surface area contributed by atoms with Crippen molar-refractivity contribution in [1.29, 1.82) is 0 Å². The van der Waals surface area contributed by atoms with Gasteiger partial charge in [-0.1, -0.05) is 36.4 Å². The molecule has 1 aromatic heterocycles. The maximum atomic E-state index is 12.2. The van der Waals surface area contributed by atoms with Crippen molar-refractivity contribution in [2.45, 2.75) is 0 Å². The van der Waals surface area contributed by atoms with Crippen molar-refractivity contribution in [2.75, 3.05) is 0 Å². The predicted molar refractivity (Wildman–Crippen MR) is 78.5 cm³/mol. The molecule has 3 aromatic rings. The number of carbonyl (C=O) groups excluding carboxylic acids is 1. The number of pyridine rings is 1. The molecule has 98 valence electrons. The maximum absolute atomic E-state index is 12.2. The number of nitrogens with one attached hydrogen (secondary N) is 1. The van der Waals surface area contributed by atoms with Gasteiger partial charge in [0.2, 0.25) is 0 Å². The van der Waals surface area contributed by atoms with Crippen molar-refractivity contribution in [3.63, 3.8) is 0 Å². The van der Waals surface area contributed by atoms with Crippen LogP contribution in [0.15, 0.2) is 59.4 Å². The van der Waals surface area contributed by atoms with Gasteiger partial charge in [0.05, 0.1) is 11.1 Å². The Bertz CT molecular complexity index is 851. The third-order valence-corrected chi connectivity index (χ3v) is 3.22. The van der Waals surface area contributed by atoms with Crippen LogP contribution in [-0.4, -0.2) is 10.9 Å². The normalized spacial score (nSPS) is 10.6. The van der Waals surface area contributed by atoms with Crippen molar-refractivity contribution >= 4 is 16.8 Å². The Morgan fingerprint density at radius 3 is 2.45 bits per heavy atom. The van der Waals surface area contributed by atoms with E-state index in [1.807, 2.05) is 30.3 Å². The molecule has 4 nitrogen and oxygen atoms in total. The highest BCUT2D eigenvalue weighted by atomic mass is 16.1. The van der Waals surface area contributed by atoms with Crippen molar-refractivity contribution in [2.24, 2.45) is 5.73 Å². The first-order chi connectivity index (χ1) is 9.66. The van der Waals surface area contributed by atoms with Crippen LogP contribution >= 0.6 is 0 Å². The van der Waals surface area contributed by atoms with Gasteiger partial charge in [0.25, 0.3) is 5.91 Å². The molecule has 0 spiro atoms. The molecule has 20 heavy (non-hydrogen) atoms. The highest BCUT2D eigenvalue weighted by Gasteiger charge is 2.10. The van der Waals surface area contributed by atoms with Crippen LogP contribution in [0.25, 0.3) is 22.2 Å². The lowest BCUT2D eigenvalue weighted by Gasteiger charge is -2.07. The number of para-hydroxylation sites is 1. The standard InChI is InChI=1S/C16H12N2O2/c17-16(20)12-8-4-7-11-14(19)9-13(18-15(11)12)10-5-2-1-3-6-10/h1-9H,(H2,17,20)(H,18,19). The first kappa shape index (κ1) is 12.2. The largest absolute Gasteiger partial charge is 0.366 e. The number of fused-ring (bicyclic) bond motifs is 1. The van der Waals surface area contributed by atoms with Gasteiger partial charge in [-0.2, -0.15) is 0 Å². The van der Waals surface area contributed by atoms with E-state index in [9.17, 15) is 9.59 Å². The summed E-state index contributed by atoms with van der Waals surface area (Å²) in [7, 11) is 0. The van der Waals surface area contributed by atoms with Gasteiger partial charge in [0, 0.05) is 17.1 Å². The van der Waals surface area contributed by atoms with Crippen LogP contribution in [0.5, 0.6) is 0 Å². The van der Waals surface area contributed by atoms with Crippen LogP contribution in [0.3, 0.4) is 0 Å². The highest BCUT2D eigenvalue weighted by molar-refractivity contribution is 6.05. The zero-order valence-electron chi connectivity index (χ0n) is 10.6. The molecular weight excluding hydrogens is 252 g/mol. The molecule has 3 rings (SSSR count). The van der Waals surface area contributed by atoms with Crippen LogP contribution < -0.4 is 11.2 Å². The summed E-state index contributed by atoms with van der Waals surface area (Å²) >= 11 is 0. The summed E-state index contributed by atoms with van der Waals surface area (Å²) in [6.07, 6.45) is 0. The second kappa shape index (κ2) is 4.66. The van der Waals surface area contributed by atoms with E-state index in [-0.39, 0.29) is 5.43 Å². The van der Waals surface area contributed by atoms with E-state index < -0.39 is 5.91 Å².